The Hall–Kier alpha value is -0.910. The molecule has 1 aliphatic heterocycles. The Morgan fingerprint density at radius 1 is 1.50 bits per heavy atom. The molecule has 3 N–H and O–H groups in total. The van der Waals surface area contributed by atoms with E-state index in [2.05, 4.69) is 15.5 Å². The van der Waals surface area contributed by atoms with Crippen molar-refractivity contribution in [2.45, 2.75) is 24.5 Å². The zero-order valence-corrected chi connectivity index (χ0v) is 8.72. The average molecular weight is 214 g/mol. The molecule has 0 spiro atoms. The third kappa shape index (κ3) is 2.54. The average Bonchev–Trinajstić information content (AvgIpc) is 2.63. The van der Waals surface area contributed by atoms with Gasteiger partial charge in [-0.2, -0.15) is 11.8 Å². The molecular weight excluding hydrogens is 200 g/mol. The predicted octanol–water partition coefficient (Wildman–Crippen LogP) is 1.35. The molecule has 6 heteroatoms. The van der Waals surface area contributed by atoms with Gasteiger partial charge in [0.15, 0.2) is 0 Å². The first-order valence-corrected chi connectivity index (χ1v) is 5.84. The minimum absolute atomic E-state index is 0.115. The molecule has 2 rings (SSSR count). The van der Waals surface area contributed by atoms with Crippen LogP contribution in [0, 0.1) is 0 Å². The Labute approximate surface area is 86.8 Å². The fourth-order valence-electron chi connectivity index (χ4n) is 1.48. The van der Waals surface area contributed by atoms with Gasteiger partial charge in [-0.3, -0.25) is 0 Å². The van der Waals surface area contributed by atoms with E-state index in [4.69, 9.17) is 10.2 Å². The van der Waals surface area contributed by atoms with Crippen LogP contribution in [0.1, 0.15) is 19.3 Å². The molecule has 0 radical (unpaired) electrons. The van der Waals surface area contributed by atoms with Gasteiger partial charge in [-0.05, 0) is 18.6 Å². The van der Waals surface area contributed by atoms with Crippen molar-refractivity contribution in [3.63, 3.8) is 0 Å². The lowest BCUT2D eigenvalue weighted by atomic mass is 10.2. The molecule has 1 saturated heterocycles. The van der Waals surface area contributed by atoms with Crippen LogP contribution >= 0.6 is 11.8 Å². The van der Waals surface area contributed by atoms with E-state index in [-0.39, 0.29) is 6.01 Å². The van der Waals surface area contributed by atoms with Crippen molar-refractivity contribution in [3.05, 3.63) is 0 Å². The van der Waals surface area contributed by atoms with E-state index >= 15 is 0 Å². The van der Waals surface area contributed by atoms with Crippen LogP contribution < -0.4 is 11.1 Å². The zero-order valence-electron chi connectivity index (χ0n) is 7.90. The van der Waals surface area contributed by atoms with Crippen molar-refractivity contribution < 1.29 is 4.42 Å². The van der Waals surface area contributed by atoms with Gasteiger partial charge in [0.1, 0.15) is 0 Å². The summed E-state index contributed by atoms with van der Waals surface area (Å²) in [7, 11) is 0. The molecule has 0 aliphatic carbocycles. The second-order valence-corrected chi connectivity index (χ2v) is 4.72. The maximum Gasteiger partial charge on any atom is 0.316 e. The van der Waals surface area contributed by atoms with Gasteiger partial charge in [-0.15, -0.1) is 0 Å². The van der Waals surface area contributed by atoms with Crippen molar-refractivity contribution in [2.24, 2.45) is 0 Å². The number of nitrogens with zero attached hydrogens (tertiary/aromatic N) is 2. The maximum absolute atomic E-state index is 5.30. The van der Waals surface area contributed by atoms with E-state index in [1.54, 1.807) is 0 Å². The summed E-state index contributed by atoms with van der Waals surface area (Å²) < 4.78 is 5.01. The van der Waals surface area contributed by atoms with Gasteiger partial charge in [0.05, 0.1) is 0 Å². The highest BCUT2D eigenvalue weighted by Crippen LogP contribution is 2.25. The maximum atomic E-state index is 5.30. The summed E-state index contributed by atoms with van der Waals surface area (Å²) in [6, 6.07) is 0.539. The largest absolute Gasteiger partial charge is 0.390 e. The third-order valence-electron chi connectivity index (χ3n) is 2.20. The van der Waals surface area contributed by atoms with Crippen LogP contribution in [0.3, 0.4) is 0 Å². The SMILES string of the molecule is Nc1nnc(NCC2CCCCS2)o1. The molecule has 0 bridgehead atoms. The molecule has 14 heavy (non-hydrogen) atoms. The first-order valence-electron chi connectivity index (χ1n) is 4.79. The van der Waals surface area contributed by atoms with Crippen molar-refractivity contribution >= 4 is 23.8 Å². The summed E-state index contributed by atoms with van der Waals surface area (Å²) in [5.41, 5.74) is 5.30. The van der Waals surface area contributed by atoms with E-state index < -0.39 is 0 Å². The number of anilines is 2. The second kappa shape index (κ2) is 4.54. The molecule has 1 fully saturated rings. The van der Waals surface area contributed by atoms with E-state index in [0.717, 1.165) is 6.54 Å². The fraction of sp³-hybridized carbons (Fsp3) is 0.750. The number of hydrogen-bond donors (Lipinski definition) is 2. The minimum atomic E-state index is 0.115. The van der Waals surface area contributed by atoms with Gasteiger partial charge < -0.3 is 15.5 Å². The van der Waals surface area contributed by atoms with Crippen molar-refractivity contribution in [3.8, 4) is 0 Å². The number of nitrogen functional groups attached to an aromatic ring is 1. The Morgan fingerprint density at radius 3 is 3.07 bits per heavy atom. The summed E-state index contributed by atoms with van der Waals surface area (Å²) >= 11 is 2.01. The lowest BCUT2D eigenvalue weighted by Crippen LogP contribution is -2.20. The molecule has 1 aromatic rings. The van der Waals surface area contributed by atoms with Crippen LogP contribution in [0.25, 0.3) is 0 Å². The van der Waals surface area contributed by atoms with Crippen LogP contribution in [-0.4, -0.2) is 27.7 Å². The Kier molecular flexibility index (Phi) is 3.13. The summed E-state index contributed by atoms with van der Waals surface area (Å²) in [4.78, 5) is 0. The Bertz CT molecular complexity index is 285. The molecule has 5 nitrogen and oxygen atoms in total. The number of nitrogens with two attached hydrogens (primary N) is 1. The molecule has 2 heterocycles. The van der Waals surface area contributed by atoms with E-state index in [1.807, 2.05) is 11.8 Å². The molecule has 1 aromatic heterocycles. The quantitative estimate of drug-likeness (QED) is 0.791. The molecule has 0 aromatic carbocycles. The molecule has 1 aliphatic rings. The van der Waals surface area contributed by atoms with Gasteiger partial charge in [-0.1, -0.05) is 16.6 Å². The summed E-state index contributed by atoms with van der Waals surface area (Å²) in [6.07, 6.45) is 3.93. The van der Waals surface area contributed by atoms with Crippen LogP contribution in [0.4, 0.5) is 12.0 Å². The molecular formula is C8H14N4OS. The zero-order chi connectivity index (χ0) is 9.80. The molecule has 1 unspecified atom stereocenters. The molecule has 78 valence electrons. The van der Waals surface area contributed by atoms with Crippen LogP contribution in [0.15, 0.2) is 4.42 Å². The standard InChI is InChI=1S/C8H14N4OS/c9-7-11-12-8(13-7)10-5-6-3-1-2-4-14-6/h6H,1-5H2,(H2,9,11)(H,10,12). The molecule has 0 amide bonds. The van der Waals surface area contributed by atoms with Gasteiger partial charge in [-0.25, -0.2) is 0 Å². The van der Waals surface area contributed by atoms with Gasteiger partial charge >= 0.3 is 12.0 Å². The van der Waals surface area contributed by atoms with Crippen LogP contribution in [-0.2, 0) is 0 Å². The first kappa shape index (κ1) is 9.64. The minimum Gasteiger partial charge on any atom is -0.390 e. The normalized spacial score (nSPS) is 22.1. The number of thioether (sulfide) groups is 1. The van der Waals surface area contributed by atoms with Crippen molar-refractivity contribution in [2.75, 3.05) is 23.3 Å². The third-order valence-corrected chi connectivity index (χ3v) is 3.59. The Morgan fingerprint density at radius 2 is 2.43 bits per heavy atom. The highest BCUT2D eigenvalue weighted by atomic mass is 32.2. The second-order valence-electron chi connectivity index (χ2n) is 3.31. The van der Waals surface area contributed by atoms with E-state index in [0.29, 0.717) is 11.3 Å². The Balaban J connectivity index is 1.76. The van der Waals surface area contributed by atoms with Crippen LogP contribution in [0.2, 0.25) is 0 Å². The van der Waals surface area contributed by atoms with Gasteiger partial charge in [0, 0.05) is 11.8 Å². The number of nitrogens with one attached hydrogen (secondary N) is 1. The lowest BCUT2D eigenvalue weighted by Gasteiger charge is -2.20. The first-order chi connectivity index (χ1) is 6.84. The summed E-state index contributed by atoms with van der Waals surface area (Å²) in [5.74, 6) is 1.26. The highest BCUT2D eigenvalue weighted by molar-refractivity contribution is 7.99. The van der Waals surface area contributed by atoms with Gasteiger partial charge in [0.25, 0.3) is 0 Å². The predicted molar refractivity (Wildman–Crippen MR) is 57.3 cm³/mol. The highest BCUT2D eigenvalue weighted by Gasteiger charge is 2.14. The molecule has 1 atom stereocenters. The van der Waals surface area contributed by atoms with Crippen molar-refractivity contribution in [1.29, 1.82) is 0 Å². The fourth-order valence-corrected chi connectivity index (χ4v) is 2.71. The number of aromatic nitrogens is 2. The van der Waals surface area contributed by atoms with Crippen LogP contribution in [0.5, 0.6) is 0 Å². The smallest absolute Gasteiger partial charge is 0.316 e. The van der Waals surface area contributed by atoms with E-state index in [9.17, 15) is 0 Å². The monoisotopic (exact) mass is 214 g/mol. The van der Waals surface area contributed by atoms with E-state index in [1.165, 1.54) is 25.0 Å². The topological polar surface area (TPSA) is 77.0 Å². The van der Waals surface area contributed by atoms with Crippen molar-refractivity contribution in [1.82, 2.24) is 10.2 Å². The number of hydrogen-bond acceptors (Lipinski definition) is 6. The summed E-state index contributed by atoms with van der Waals surface area (Å²) in [5, 5.41) is 11.1. The van der Waals surface area contributed by atoms with Gasteiger partial charge in [0.2, 0.25) is 0 Å². The molecule has 0 saturated carbocycles. The summed E-state index contributed by atoms with van der Waals surface area (Å²) in [6.45, 7) is 0.881. The lowest BCUT2D eigenvalue weighted by molar-refractivity contribution is 0.581. The number of rotatable bonds is 3.